The summed E-state index contributed by atoms with van der Waals surface area (Å²) in [5.41, 5.74) is 7.12. The van der Waals surface area contributed by atoms with E-state index in [4.69, 9.17) is 5.73 Å². The summed E-state index contributed by atoms with van der Waals surface area (Å²) in [6, 6.07) is 8.39. The Bertz CT molecular complexity index is 1180. The van der Waals surface area contributed by atoms with Crippen molar-refractivity contribution >= 4 is 34.5 Å². The number of aromatic nitrogens is 2. The molecule has 3 atom stereocenters. The number of nitrogens with one attached hydrogen (secondary N) is 1. The van der Waals surface area contributed by atoms with Crippen LogP contribution in [-0.4, -0.2) is 43.9 Å². The Morgan fingerprint density at radius 3 is 2.77 bits per heavy atom. The van der Waals surface area contributed by atoms with Gasteiger partial charge in [-0.25, -0.2) is 19.5 Å². The zero-order valence-corrected chi connectivity index (χ0v) is 16.7. The normalized spacial score (nSPS) is 19.0. The number of fused-ring (bicyclic) bond motifs is 1. The molecule has 1 aliphatic rings. The maximum atomic E-state index is 12.8. The van der Waals surface area contributed by atoms with Crippen LogP contribution in [0.4, 0.5) is 10.6 Å². The van der Waals surface area contributed by atoms with Crippen LogP contribution in [0.15, 0.2) is 55.0 Å². The molecule has 0 spiro atoms. The lowest BCUT2D eigenvalue weighted by Crippen LogP contribution is -2.68. The maximum absolute atomic E-state index is 12.8. The minimum Gasteiger partial charge on any atom is -0.480 e. The Hall–Kier alpha value is -4.01. The zero-order valence-electron chi connectivity index (χ0n) is 16.7. The number of urea groups is 1. The smallest absolute Gasteiger partial charge is 0.327 e. The Balaban J connectivity index is 1.51. The van der Waals surface area contributed by atoms with Gasteiger partial charge < -0.3 is 16.2 Å². The summed E-state index contributed by atoms with van der Waals surface area (Å²) in [6.45, 7) is 1.76. The van der Waals surface area contributed by atoms with Gasteiger partial charge in [0.05, 0.1) is 12.0 Å². The summed E-state index contributed by atoms with van der Waals surface area (Å²) in [6.07, 6.45) is 5.03. The fourth-order valence-corrected chi connectivity index (χ4v) is 3.95. The van der Waals surface area contributed by atoms with Gasteiger partial charge in [0.15, 0.2) is 6.04 Å². The molecule has 1 saturated heterocycles. The number of likely N-dealkylation sites (tertiary alicyclic amines) is 1. The van der Waals surface area contributed by atoms with Gasteiger partial charge in [0.25, 0.3) is 0 Å². The second-order valence-electron chi connectivity index (χ2n) is 7.51. The Morgan fingerprint density at radius 1 is 1.26 bits per heavy atom. The van der Waals surface area contributed by atoms with Crippen molar-refractivity contribution in [3.63, 3.8) is 0 Å². The van der Waals surface area contributed by atoms with Gasteiger partial charge in [0, 0.05) is 29.5 Å². The van der Waals surface area contributed by atoms with Gasteiger partial charge in [0.2, 0.25) is 5.91 Å². The highest BCUT2D eigenvalue weighted by Gasteiger charge is 2.54. The molecule has 0 radical (unpaired) electrons. The van der Waals surface area contributed by atoms with E-state index in [1.807, 2.05) is 24.3 Å². The summed E-state index contributed by atoms with van der Waals surface area (Å²) in [5, 5.41) is 14.2. The third-order valence-corrected chi connectivity index (χ3v) is 5.49. The number of carboxylic acids is 1. The number of hydrogen-bond donors (Lipinski definition) is 3. The molecule has 158 valence electrons. The largest absolute Gasteiger partial charge is 0.480 e. The summed E-state index contributed by atoms with van der Waals surface area (Å²) in [4.78, 5) is 46.2. The lowest BCUT2D eigenvalue weighted by Gasteiger charge is -2.43. The van der Waals surface area contributed by atoms with Gasteiger partial charge in [-0.05, 0) is 36.4 Å². The van der Waals surface area contributed by atoms with E-state index in [1.54, 1.807) is 31.5 Å². The standard InChI is InChI=1S/C22H21N5O4/c1-12(17-11-24-10-14-4-2-3-5-15(14)17)26-22(31)27-19(21(29)30)16(20(27)28)8-13-6-7-25-18(23)9-13/h2-7,9-12,16,19H,8H2,1H3,(H2,23,25)(H,26,31)(H,29,30). The van der Waals surface area contributed by atoms with E-state index < -0.39 is 35.9 Å². The molecule has 3 unspecified atom stereocenters. The molecule has 3 aromatic rings. The van der Waals surface area contributed by atoms with E-state index in [0.717, 1.165) is 21.2 Å². The summed E-state index contributed by atoms with van der Waals surface area (Å²) >= 11 is 0. The molecule has 1 aromatic carbocycles. The monoisotopic (exact) mass is 419 g/mol. The highest BCUT2D eigenvalue weighted by atomic mass is 16.4. The lowest BCUT2D eigenvalue weighted by molar-refractivity contribution is -0.165. The van der Waals surface area contributed by atoms with Gasteiger partial charge >= 0.3 is 12.0 Å². The lowest BCUT2D eigenvalue weighted by atomic mass is 9.82. The number of β-lactam (4-membered cyclic amide) rings is 1. The number of aliphatic carboxylic acids is 1. The predicted molar refractivity (Wildman–Crippen MR) is 113 cm³/mol. The molecule has 1 fully saturated rings. The number of anilines is 1. The van der Waals surface area contributed by atoms with Crippen LogP contribution in [0.25, 0.3) is 10.8 Å². The van der Waals surface area contributed by atoms with E-state index >= 15 is 0 Å². The molecular formula is C22H21N5O4. The average molecular weight is 419 g/mol. The van der Waals surface area contributed by atoms with Crippen LogP contribution in [0.5, 0.6) is 0 Å². The zero-order chi connectivity index (χ0) is 22.1. The Morgan fingerprint density at radius 2 is 2.03 bits per heavy atom. The number of carboxylic acid groups (broad SMARTS) is 1. The molecule has 0 saturated carbocycles. The van der Waals surface area contributed by atoms with Gasteiger partial charge in [0.1, 0.15) is 5.82 Å². The van der Waals surface area contributed by atoms with Gasteiger partial charge in [-0.1, -0.05) is 24.3 Å². The van der Waals surface area contributed by atoms with Crippen molar-refractivity contribution in [2.24, 2.45) is 5.92 Å². The van der Waals surface area contributed by atoms with Crippen molar-refractivity contribution in [3.05, 3.63) is 66.1 Å². The molecule has 3 amide bonds. The first-order chi connectivity index (χ1) is 14.9. The molecule has 0 aliphatic carbocycles. The number of hydrogen-bond acceptors (Lipinski definition) is 6. The van der Waals surface area contributed by atoms with Crippen LogP contribution in [0, 0.1) is 5.92 Å². The molecular weight excluding hydrogens is 398 g/mol. The van der Waals surface area contributed by atoms with Crippen molar-refractivity contribution < 1.29 is 19.5 Å². The van der Waals surface area contributed by atoms with Crippen LogP contribution in [-0.2, 0) is 16.0 Å². The number of pyridine rings is 2. The maximum Gasteiger partial charge on any atom is 0.327 e. The molecule has 4 rings (SSSR count). The van der Waals surface area contributed by atoms with E-state index in [1.165, 1.54) is 6.20 Å². The van der Waals surface area contributed by atoms with Crippen molar-refractivity contribution in [1.82, 2.24) is 20.2 Å². The van der Waals surface area contributed by atoms with E-state index in [-0.39, 0.29) is 12.2 Å². The number of nitrogens with two attached hydrogens (primary N) is 1. The topological polar surface area (TPSA) is 139 Å². The molecule has 0 bridgehead atoms. The van der Waals surface area contributed by atoms with Gasteiger partial charge in [-0.3, -0.25) is 9.78 Å². The third-order valence-electron chi connectivity index (χ3n) is 5.49. The fourth-order valence-electron chi connectivity index (χ4n) is 3.95. The summed E-state index contributed by atoms with van der Waals surface area (Å²) < 4.78 is 0. The summed E-state index contributed by atoms with van der Waals surface area (Å²) in [5.74, 6) is -2.34. The quantitative estimate of drug-likeness (QED) is 0.539. The first kappa shape index (κ1) is 20.3. The SMILES string of the molecule is CC(NC(=O)N1C(=O)C(Cc2ccnc(N)c2)C1C(=O)O)c1cncc2ccccc12. The number of nitrogens with zero attached hydrogens (tertiary/aromatic N) is 3. The molecule has 4 N–H and O–H groups in total. The van der Waals surface area contributed by atoms with Crippen molar-refractivity contribution in [2.45, 2.75) is 25.4 Å². The molecule has 1 aliphatic heterocycles. The first-order valence-electron chi connectivity index (χ1n) is 9.76. The van der Waals surface area contributed by atoms with Gasteiger partial charge in [-0.15, -0.1) is 0 Å². The second-order valence-corrected chi connectivity index (χ2v) is 7.51. The summed E-state index contributed by atoms with van der Waals surface area (Å²) in [7, 11) is 0. The van der Waals surface area contributed by atoms with Crippen LogP contribution in [0.3, 0.4) is 0 Å². The number of carbonyl (C=O) groups excluding carboxylic acids is 2. The number of imide groups is 1. The van der Waals surface area contributed by atoms with Crippen molar-refractivity contribution in [2.75, 3.05) is 5.73 Å². The van der Waals surface area contributed by atoms with Gasteiger partial charge in [-0.2, -0.15) is 0 Å². The number of benzene rings is 1. The molecule has 2 aromatic heterocycles. The molecule has 3 heterocycles. The van der Waals surface area contributed by atoms with E-state index in [2.05, 4.69) is 15.3 Å². The number of carbonyl (C=O) groups is 3. The van der Waals surface area contributed by atoms with Crippen molar-refractivity contribution in [3.8, 4) is 0 Å². The Kier molecular flexibility index (Phi) is 5.24. The average Bonchev–Trinajstić information content (AvgIpc) is 2.74. The van der Waals surface area contributed by atoms with E-state index in [0.29, 0.717) is 5.56 Å². The van der Waals surface area contributed by atoms with Crippen molar-refractivity contribution in [1.29, 1.82) is 0 Å². The molecule has 9 nitrogen and oxygen atoms in total. The number of amides is 3. The minimum atomic E-state index is -1.25. The number of nitrogen functional groups attached to an aromatic ring is 1. The predicted octanol–water partition coefficient (Wildman–Crippen LogP) is 2.14. The second kappa shape index (κ2) is 8.02. The fraction of sp³-hybridized carbons (Fsp3) is 0.227. The van der Waals surface area contributed by atoms with Crippen LogP contribution < -0.4 is 11.1 Å². The highest BCUT2D eigenvalue weighted by Crippen LogP contribution is 2.31. The van der Waals surface area contributed by atoms with E-state index in [9.17, 15) is 19.5 Å². The van der Waals surface area contributed by atoms with Crippen LogP contribution >= 0.6 is 0 Å². The minimum absolute atomic E-state index is 0.162. The van der Waals surface area contributed by atoms with Crippen LogP contribution in [0.2, 0.25) is 0 Å². The van der Waals surface area contributed by atoms with Crippen LogP contribution in [0.1, 0.15) is 24.1 Å². The Labute approximate surface area is 177 Å². The number of rotatable bonds is 5. The first-order valence-corrected chi connectivity index (χ1v) is 9.76. The molecule has 9 heteroatoms. The molecule has 31 heavy (non-hydrogen) atoms. The highest BCUT2D eigenvalue weighted by molar-refractivity contribution is 6.07. The third kappa shape index (κ3) is 3.77.